The van der Waals surface area contributed by atoms with E-state index in [0.717, 1.165) is 11.4 Å². The van der Waals surface area contributed by atoms with E-state index in [9.17, 15) is 4.79 Å². The first-order valence-corrected chi connectivity index (χ1v) is 8.75. The van der Waals surface area contributed by atoms with Crippen molar-refractivity contribution >= 4 is 23.4 Å². The molecule has 0 aliphatic carbocycles. The van der Waals surface area contributed by atoms with Crippen LogP contribution >= 0.6 is 11.8 Å². The number of thioether (sulfide) groups is 1. The van der Waals surface area contributed by atoms with Gasteiger partial charge in [0, 0.05) is 49.2 Å². The van der Waals surface area contributed by atoms with E-state index < -0.39 is 0 Å². The molecule has 1 aromatic heterocycles. The van der Waals surface area contributed by atoms with Gasteiger partial charge >= 0.3 is 0 Å². The third kappa shape index (κ3) is 3.67. The van der Waals surface area contributed by atoms with Crippen LogP contribution in [0, 0.1) is 0 Å². The highest BCUT2D eigenvalue weighted by Crippen LogP contribution is 2.27. The molecule has 120 valence electrons. The molecule has 1 atom stereocenters. The Morgan fingerprint density at radius 3 is 2.78 bits per heavy atom. The van der Waals surface area contributed by atoms with Gasteiger partial charge in [0.2, 0.25) is 5.91 Å². The second kappa shape index (κ2) is 7.04. The van der Waals surface area contributed by atoms with Crippen molar-refractivity contribution in [2.24, 2.45) is 0 Å². The first-order valence-electron chi connectivity index (χ1n) is 7.76. The lowest BCUT2D eigenvalue weighted by atomic mass is 10.1. The Morgan fingerprint density at radius 1 is 1.26 bits per heavy atom. The van der Waals surface area contributed by atoms with E-state index in [1.807, 2.05) is 23.1 Å². The molecule has 0 saturated heterocycles. The number of carbonyl (C=O) groups excluding carboxylic acids is 1. The third-order valence-electron chi connectivity index (χ3n) is 4.15. The van der Waals surface area contributed by atoms with Crippen LogP contribution in [0.5, 0.6) is 0 Å². The van der Waals surface area contributed by atoms with Crippen molar-refractivity contribution in [3.63, 3.8) is 0 Å². The van der Waals surface area contributed by atoms with Gasteiger partial charge in [0.25, 0.3) is 0 Å². The standard InChI is InChI=1S/C18H21N3OS/c1-14-11-20(2)17-6-4-3-5-15(17)12-21(14)18(22)13-23-16-7-9-19-10-8-16/h3-10,14H,11-13H2,1-2H3/t14-/m1/s1. The molecule has 1 aliphatic heterocycles. The number of amides is 1. The summed E-state index contributed by atoms with van der Waals surface area (Å²) < 4.78 is 0. The van der Waals surface area contributed by atoms with Crippen LogP contribution in [0.2, 0.25) is 0 Å². The van der Waals surface area contributed by atoms with Crippen molar-refractivity contribution < 1.29 is 4.79 Å². The second-order valence-corrected chi connectivity index (χ2v) is 6.90. The molecular formula is C18H21N3OS. The molecule has 0 fully saturated rings. The van der Waals surface area contributed by atoms with E-state index >= 15 is 0 Å². The SMILES string of the molecule is C[C@@H]1CN(C)c2ccccc2CN1C(=O)CSc1ccncc1. The number of aromatic nitrogens is 1. The summed E-state index contributed by atoms with van der Waals surface area (Å²) >= 11 is 1.57. The van der Waals surface area contributed by atoms with Gasteiger partial charge in [-0.3, -0.25) is 9.78 Å². The first-order chi connectivity index (χ1) is 11.1. The van der Waals surface area contributed by atoms with Crippen molar-refractivity contribution in [1.82, 2.24) is 9.88 Å². The lowest BCUT2D eigenvalue weighted by Gasteiger charge is -2.28. The molecule has 1 amide bonds. The molecule has 0 spiro atoms. The molecule has 0 unspecified atom stereocenters. The van der Waals surface area contributed by atoms with Crippen molar-refractivity contribution in [1.29, 1.82) is 0 Å². The van der Waals surface area contributed by atoms with Crippen molar-refractivity contribution in [2.75, 3.05) is 24.2 Å². The zero-order valence-corrected chi connectivity index (χ0v) is 14.3. The van der Waals surface area contributed by atoms with E-state index in [1.165, 1.54) is 11.3 Å². The van der Waals surface area contributed by atoms with Gasteiger partial charge in [-0.1, -0.05) is 18.2 Å². The number of fused-ring (bicyclic) bond motifs is 1. The normalized spacial score (nSPS) is 17.6. The summed E-state index contributed by atoms with van der Waals surface area (Å²) in [5.41, 5.74) is 2.43. The highest BCUT2D eigenvalue weighted by Gasteiger charge is 2.26. The summed E-state index contributed by atoms with van der Waals surface area (Å²) in [6.07, 6.45) is 3.51. The predicted octanol–water partition coefficient (Wildman–Crippen LogP) is 3.04. The van der Waals surface area contributed by atoms with Crippen LogP contribution in [0.4, 0.5) is 5.69 Å². The fourth-order valence-corrected chi connectivity index (χ4v) is 3.72. The number of rotatable bonds is 3. The molecule has 1 aromatic carbocycles. The smallest absolute Gasteiger partial charge is 0.233 e. The molecule has 2 aromatic rings. The number of pyridine rings is 1. The number of nitrogens with zero attached hydrogens (tertiary/aromatic N) is 3. The minimum absolute atomic E-state index is 0.185. The number of para-hydroxylation sites is 1. The van der Waals surface area contributed by atoms with E-state index in [1.54, 1.807) is 24.2 Å². The molecule has 23 heavy (non-hydrogen) atoms. The predicted molar refractivity (Wildman–Crippen MR) is 94.7 cm³/mol. The molecule has 4 nitrogen and oxygen atoms in total. The minimum atomic E-state index is 0.185. The van der Waals surface area contributed by atoms with Crippen molar-refractivity contribution in [3.05, 3.63) is 54.4 Å². The van der Waals surface area contributed by atoms with Gasteiger partial charge in [-0.05, 0) is 30.7 Å². The van der Waals surface area contributed by atoms with E-state index in [2.05, 4.69) is 42.1 Å². The Bertz CT molecular complexity index is 677. The summed E-state index contributed by atoms with van der Waals surface area (Å²) in [5.74, 6) is 0.643. The maximum absolute atomic E-state index is 12.7. The van der Waals surface area contributed by atoms with Crippen LogP contribution in [-0.4, -0.2) is 41.2 Å². The van der Waals surface area contributed by atoms with Crippen LogP contribution < -0.4 is 4.90 Å². The molecule has 0 N–H and O–H groups in total. The first kappa shape index (κ1) is 15.9. The monoisotopic (exact) mass is 327 g/mol. The van der Waals surface area contributed by atoms with Gasteiger partial charge in [0.05, 0.1) is 5.75 Å². The summed E-state index contributed by atoms with van der Waals surface area (Å²) in [7, 11) is 2.09. The number of carbonyl (C=O) groups is 1. The van der Waals surface area contributed by atoms with E-state index in [4.69, 9.17) is 0 Å². The van der Waals surface area contributed by atoms with Gasteiger partial charge in [-0.2, -0.15) is 0 Å². The van der Waals surface area contributed by atoms with Gasteiger partial charge in [-0.25, -0.2) is 0 Å². The van der Waals surface area contributed by atoms with Crippen LogP contribution in [0.3, 0.4) is 0 Å². The molecule has 2 heterocycles. The Balaban J connectivity index is 1.72. The molecular weight excluding hydrogens is 306 g/mol. The van der Waals surface area contributed by atoms with Gasteiger partial charge in [0.15, 0.2) is 0 Å². The largest absolute Gasteiger partial charge is 0.372 e. The second-order valence-electron chi connectivity index (χ2n) is 5.85. The van der Waals surface area contributed by atoms with E-state index in [-0.39, 0.29) is 11.9 Å². The number of hydrogen-bond acceptors (Lipinski definition) is 4. The molecule has 0 saturated carbocycles. The summed E-state index contributed by atoms with van der Waals surface area (Å²) in [6, 6.07) is 12.4. The van der Waals surface area contributed by atoms with Gasteiger partial charge in [0.1, 0.15) is 0 Å². The Kier molecular flexibility index (Phi) is 4.86. The van der Waals surface area contributed by atoms with Gasteiger partial charge < -0.3 is 9.80 Å². The summed E-state index contributed by atoms with van der Waals surface area (Å²) in [6.45, 7) is 3.65. The molecule has 0 bridgehead atoms. The quantitative estimate of drug-likeness (QED) is 0.812. The Morgan fingerprint density at radius 2 is 2.00 bits per heavy atom. The highest BCUT2D eigenvalue weighted by atomic mass is 32.2. The van der Waals surface area contributed by atoms with E-state index in [0.29, 0.717) is 12.3 Å². The van der Waals surface area contributed by atoms with Crippen LogP contribution in [-0.2, 0) is 11.3 Å². The Hall–Kier alpha value is -2.01. The summed E-state index contributed by atoms with van der Waals surface area (Å²) in [4.78, 5) is 22.0. The summed E-state index contributed by atoms with van der Waals surface area (Å²) in [5, 5.41) is 0. The zero-order valence-electron chi connectivity index (χ0n) is 13.5. The lowest BCUT2D eigenvalue weighted by Crippen LogP contribution is -2.42. The average Bonchev–Trinajstić information content (AvgIpc) is 2.70. The van der Waals surface area contributed by atoms with Crippen LogP contribution in [0.15, 0.2) is 53.7 Å². The number of benzene rings is 1. The number of anilines is 1. The maximum Gasteiger partial charge on any atom is 0.233 e. The van der Waals surface area contributed by atoms with Gasteiger partial charge in [-0.15, -0.1) is 11.8 Å². The minimum Gasteiger partial charge on any atom is -0.372 e. The van der Waals surface area contributed by atoms with Crippen molar-refractivity contribution in [3.8, 4) is 0 Å². The maximum atomic E-state index is 12.7. The van der Waals surface area contributed by atoms with Crippen LogP contribution in [0.1, 0.15) is 12.5 Å². The van der Waals surface area contributed by atoms with Crippen molar-refractivity contribution in [2.45, 2.75) is 24.4 Å². The zero-order chi connectivity index (χ0) is 16.2. The topological polar surface area (TPSA) is 36.4 Å². The highest BCUT2D eigenvalue weighted by molar-refractivity contribution is 8.00. The third-order valence-corrected chi connectivity index (χ3v) is 5.14. The van der Waals surface area contributed by atoms with Crippen LogP contribution in [0.25, 0.3) is 0 Å². The molecule has 3 rings (SSSR count). The lowest BCUT2D eigenvalue weighted by molar-refractivity contribution is -0.130. The molecule has 5 heteroatoms. The number of hydrogen-bond donors (Lipinski definition) is 0. The fourth-order valence-electron chi connectivity index (χ4n) is 2.95. The fraction of sp³-hybridized carbons (Fsp3) is 0.333. The average molecular weight is 327 g/mol. The Labute approximate surface area is 141 Å². The number of likely N-dealkylation sites (N-methyl/N-ethyl adjacent to an activating group) is 1. The molecule has 1 aliphatic rings. The molecule has 0 radical (unpaired) electrons.